The molecule has 0 aromatic carbocycles. The Hall–Kier alpha value is -0.770. The minimum atomic E-state index is -0.988. The third-order valence-corrected chi connectivity index (χ3v) is 4.05. The number of carboxylic acid groups (broad SMARTS) is 1. The van der Waals surface area contributed by atoms with Crippen LogP contribution in [0.2, 0.25) is 0 Å². The van der Waals surface area contributed by atoms with Gasteiger partial charge in [-0.15, -0.1) is 5.12 Å². The van der Waals surface area contributed by atoms with Gasteiger partial charge in [0.2, 0.25) is 0 Å². The number of hydrogen-bond donors (Lipinski definition) is 6. The lowest BCUT2D eigenvalue weighted by Crippen LogP contribution is -2.67. The fourth-order valence-electron chi connectivity index (χ4n) is 2.77. The number of nitrogens with zero attached hydrogens (tertiary/aromatic N) is 1. The zero-order valence-corrected chi connectivity index (χ0v) is 17.0. The minimum absolute atomic E-state index is 0.401. The Morgan fingerprint density at radius 3 is 1.69 bits per heavy atom. The number of carbonyl (C=O) groups is 1. The lowest BCUT2D eigenvalue weighted by molar-refractivity contribution is -0.149. The van der Waals surface area contributed by atoms with E-state index >= 15 is 0 Å². The number of rotatable bonds is 18. The van der Waals surface area contributed by atoms with Gasteiger partial charge in [-0.05, 0) is 26.8 Å². The summed E-state index contributed by atoms with van der Waals surface area (Å²) in [5.41, 5.74) is 17.1. The highest BCUT2D eigenvalue weighted by Crippen LogP contribution is 2.10. The van der Waals surface area contributed by atoms with Crippen molar-refractivity contribution in [3.63, 3.8) is 0 Å². The first-order valence-corrected chi connectivity index (χ1v) is 10.2. The largest absolute Gasteiger partial charge is 0.479 e. The van der Waals surface area contributed by atoms with Crippen LogP contribution >= 0.6 is 0 Å². The highest BCUT2D eigenvalue weighted by molar-refractivity contribution is 5.72. The highest BCUT2D eigenvalue weighted by Gasteiger charge is 2.26. The Morgan fingerprint density at radius 2 is 1.31 bits per heavy atom. The van der Waals surface area contributed by atoms with Gasteiger partial charge in [-0.2, -0.15) is 0 Å². The monoisotopic (exact) mass is 374 g/mol. The molecule has 8 nitrogen and oxygen atoms in total. The van der Waals surface area contributed by atoms with Gasteiger partial charge in [0.05, 0.1) is 12.3 Å². The Labute approximate surface area is 159 Å². The molecule has 26 heavy (non-hydrogen) atoms. The molecule has 0 radical (unpaired) electrons. The van der Waals surface area contributed by atoms with Gasteiger partial charge in [0.25, 0.3) is 0 Å². The number of carboxylic acids is 1. The summed E-state index contributed by atoms with van der Waals surface area (Å²) in [6.07, 6.45) is 10.8. The van der Waals surface area contributed by atoms with E-state index in [1.165, 1.54) is 56.5 Å². The number of unbranched alkanes of at least 4 members (excludes halogenated alkanes) is 9. The number of nitrogens with two attached hydrogens (primary N) is 2. The smallest absolute Gasteiger partial charge is 0.338 e. The molecule has 0 spiro atoms. The second-order valence-electron chi connectivity index (χ2n) is 7.08. The third-order valence-electron chi connectivity index (χ3n) is 4.05. The average molecular weight is 375 g/mol. The second kappa shape index (κ2) is 16.4. The van der Waals surface area contributed by atoms with Crippen molar-refractivity contribution < 1.29 is 9.90 Å². The first-order valence-electron chi connectivity index (χ1n) is 10.2. The number of aliphatic carboxylic acids is 1. The summed E-state index contributed by atoms with van der Waals surface area (Å²) >= 11 is 0. The van der Waals surface area contributed by atoms with Gasteiger partial charge in [0.1, 0.15) is 0 Å². The maximum atomic E-state index is 11.6. The van der Waals surface area contributed by atoms with Crippen LogP contribution in [0.4, 0.5) is 0 Å². The molecule has 3 atom stereocenters. The van der Waals surface area contributed by atoms with Gasteiger partial charge < -0.3 is 16.6 Å². The molecule has 0 aliphatic heterocycles. The van der Waals surface area contributed by atoms with Gasteiger partial charge in [0, 0.05) is 0 Å². The molecule has 0 aliphatic carbocycles. The molecule has 8 heteroatoms. The fourth-order valence-corrected chi connectivity index (χ4v) is 2.77. The van der Waals surface area contributed by atoms with Crippen molar-refractivity contribution in [2.45, 2.75) is 103 Å². The summed E-state index contributed by atoms with van der Waals surface area (Å²) in [5.74, 6) is -0.988. The molecule has 0 aromatic rings. The molecule has 3 unspecified atom stereocenters. The Morgan fingerprint density at radius 1 is 0.885 bits per heavy atom. The number of hydrogen-bond acceptors (Lipinski definition) is 7. The van der Waals surface area contributed by atoms with E-state index in [0.717, 1.165) is 12.8 Å². The minimum Gasteiger partial charge on any atom is -0.479 e. The molecule has 0 saturated carbocycles. The van der Waals surface area contributed by atoms with E-state index < -0.39 is 24.5 Å². The van der Waals surface area contributed by atoms with Crippen molar-refractivity contribution in [3.8, 4) is 0 Å². The van der Waals surface area contributed by atoms with Crippen LogP contribution in [0.1, 0.15) is 85.0 Å². The molecule has 0 amide bonds. The summed E-state index contributed by atoms with van der Waals surface area (Å²) in [4.78, 5) is 11.6. The molecule has 156 valence electrons. The van der Waals surface area contributed by atoms with Gasteiger partial charge in [-0.3, -0.25) is 5.32 Å². The van der Waals surface area contributed by atoms with Crippen LogP contribution in [0, 0.1) is 0 Å². The van der Waals surface area contributed by atoms with E-state index in [9.17, 15) is 9.90 Å². The third kappa shape index (κ3) is 14.4. The molecule has 0 heterocycles. The van der Waals surface area contributed by atoms with Crippen LogP contribution in [0.25, 0.3) is 0 Å². The zero-order valence-electron chi connectivity index (χ0n) is 17.0. The second-order valence-corrected chi connectivity index (χ2v) is 7.08. The van der Waals surface area contributed by atoms with Crippen molar-refractivity contribution in [2.75, 3.05) is 6.54 Å². The average Bonchev–Trinajstić information content (AvgIpc) is 2.54. The van der Waals surface area contributed by atoms with Crippen molar-refractivity contribution in [3.05, 3.63) is 0 Å². The van der Waals surface area contributed by atoms with Crippen LogP contribution in [-0.2, 0) is 4.79 Å². The van der Waals surface area contributed by atoms with E-state index in [2.05, 4.69) is 23.1 Å². The number of hydrazine groups is 2. The van der Waals surface area contributed by atoms with E-state index in [4.69, 9.17) is 11.5 Å². The summed E-state index contributed by atoms with van der Waals surface area (Å²) in [5, 5.41) is 13.9. The quantitative estimate of drug-likeness (QED) is 0.122. The lowest BCUT2D eigenvalue weighted by Gasteiger charge is -2.33. The van der Waals surface area contributed by atoms with E-state index in [0.29, 0.717) is 6.54 Å². The van der Waals surface area contributed by atoms with Crippen LogP contribution in [-0.4, -0.2) is 41.2 Å². The predicted octanol–water partition coefficient (Wildman–Crippen LogP) is 1.83. The van der Waals surface area contributed by atoms with E-state index in [1.807, 2.05) is 0 Å². The Bertz CT molecular complexity index is 332. The first-order chi connectivity index (χ1) is 12.4. The highest BCUT2D eigenvalue weighted by atomic mass is 16.4. The molecule has 0 bridgehead atoms. The van der Waals surface area contributed by atoms with Crippen LogP contribution in [0.15, 0.2) is 0 Å². The van der Waals surface area contributed by atoms with E-state index in [-0.39, 0.29) is 0 Å². The van der Waals surface area contributed by atoms with Crippen molar-refractivity contribution in [1.82, 2.24) is 21.3 Å². The SMILES string of the molecule is CCCCCCCCCCCCNC(C(=O)O)N(NC(C)N)NC(C)N. The Kier molecular flexibility index (Phi) is 15.9. The van der Waals surface area contributed by atoms with Gasteiger partial charge in [0.15, 0.2) is 6.17 Å². The molecular formula is C18H42N6O2. The summed E-state index contributed by atoms with van der Waals surface area (Å²) < 4.78 is 0. The van der Waals surface area contributed by atoms with Crippen molar-refractivity contribution in [2.24, 2.45) is 11.5 Å². The first kappa shape index (κ1) is 25.2. The van der Waals surface area contributed by atoms with Crippen molar-refractivity contribution in [1.29, 1.82) is 0 Å². The van der Waals surface area contributed by atoms with Gasteiger partial charge in [-0.25, -0.2) is 15.6 Å². The topological polar surface area (TPSA) is 129 Å². The fraction of sp³-hybridized carbons (Fsp3) is 0.944. The molecule has 0 rings (SSSR count). The maximum absolute atomic E-state index is 11.6. The predicted molar refractivity (Wildman–Crippen MR) is 107 cm³/mol. The molecule has 0 saturated heterocycles. The lowest BCUT2D eigenvalue weighted by atomic mass is 10.1. The van der Waals surface area contributed by atoms with Gasteiger partial charge >= 0.3 is 5.97 Å². The van der Waals surface area contributed by atoms with Crippen molar-refractivity contribution >= 4 is 5.97 Å². The van der Waals surface area contributed by atoms with Crippen LogP contribution in [0.3, 0.4) is 0 Å². The van der Waals surface area contributed by atoms with Gasteiger partial charge in [-0.1, -0.05) is 64.7 Å². The molecule has 0 aromatic heterocycles. The Balaban J connectivity index is 3.96. The molecule has 0 aliphatic rings. The van der Waals surface area contributed by atoms with E-state index in [1.54, 1.807) is 13.8 Å². The standard InChI is InChI=1S/C18H42N6O2/c1-4-5-6-7-8-9-10-11-12-13-14-21-17(18(25)26)24(22-15(2)19)23-16(3)20/h15-17,21-23H,4-14,19-20H2,1-3H3,(H,25,26). The molecule has 8 N–H and O–H groups in total. The normalized spacial score (nSPS) is 15.2. The summed E-state index contributed by atoms with van der Waals surface area (Å²) in [6, 6.07) is 0. The maximum Gasteiger partial charge on any atom is 0.338 e. The van der Waals surface area contributed by atoms with Crippen LogP contribution < -0.4 is 27.6 Å². The molecular weight excluding hydrogens is 332 g/mol. The van der Waals surface area contributed by atoms with Crippen LogP contribution in [0.5, 0.6) is 0 Å². The molecule has 0 fully saturated rings. The summed E-state index contributed by atoms with van der Waals surface area (Å²) in [6.45, 7) is 6.33. The zero-order chi connectivity index (χ0) is 19.8. The number of nitrogens with one attached hydrogen (secondary N) is 3. The summed E-state index contributed by atoms with van der Waals surface area (Å²) in [7, 11) is 0.